The maximum Gasteiger partial charge on any atom is 0.178 e. The first-order valence-electron chi connectivity index (χ1n) is 8.17. The predicted octanol–water partition coefficient (Wildman–Crippen LogP) is 2.67. The van der Waals surface area contributed by atoms with Crippen molar-refractivity contribution in [1.29, 1.82) is 0 Å². The first-order chi connectivity index (χ1) is 11.6. The standard InChI is InChI=1S/C18H22N2O3S/c1-2-24(21,22)18-5-3-16(4-6-18)20-12-9-17(13-20)23-14-15-7-10-19-11-8-15/h3-8,10-11,17H,2,9,12-14H2,1H3/t17-/m0/s1. The van der Waals surface area contributed by atoms with Gasteiger partial charge in [0, 0.05) is 31.2 Å². The van der Waals surface area contributed by atoms with E-state index in [4.69, 9.17) is 4.74 Å². The van der Waals surface area contributed by atoms with Crippen LogP contribution in [0.3, 0.4) is 0 Å². The lowest BCUT2D eigenvalue weighted by atomic mass is 10.3. The molecule has 0 spiro atoms. The molecule has 1 aliphatic rings. The Morgan fingerprint density at radius 1 is 1.17 bits per heavy atom. The van der Waals surface area contributed by atoms with E-state index in [2.05, 4.69) is 9.88 Å². The van der Waals surface area contributed by atoms with E-state index in [0.717, 1.165) is 30.8 Å². The zero-order valence-electron chi connectivity index (χ0n) is 13.8. The Balaban J connectivity index is 1.57. The summed E-state index contributed by atoms with van der Waals surface area (Å²) < 4.78 is 29.7. The monoisotopic (exact) mass is 346 g/mol. The van der Waals surface area contributed by atoms with Crippen LogP contribution in [0, 0.1) is 0 Å². The summed E-state index contributed by atoms with van der Waals surface area (Å²) in [6, 6.07) is 11.1. The molecular formula is C18H22N2O3S. The van der Waals surface area contributed by atoms with Gasteiger partial charge < -0.3 is 9.64 Å². The SMILES string of the molecule is CCS(=O)(=O)c1ccc(N2CC[C@H](OCc3ccncc3)C2)cc1. The van der Waals surface area contributed by atoms with Gasteiger partial charge in [0.2, 0.25) is 0 Å². The molecule has 0 aliphatic carbocycles. The molecule has 1 saturated heterocycles. The number of sulfone groups is 1. The summed E-state index contributed by atoms with van der Waals surface area (Å²) in [4.78, 5) is 6.62. The van der Waals surface area contributed by atoms with E-state index >= 15 is 0 Å². The van der Waals surface area contributed by atoms with Crippen molar-refractivity contribution < 1.29 is 13.2 Å². The predicted molar refractivity (Wildman–Crippen MR) is 93.8 cm³/mol. The fourth-order valence-electron chi connectivity index (χ4n) is 2.82. The first-order valence-corrected chi connectivity index (χ1v) is 9.82. The van der Waals surface area contributed by atoms with Gasteiger partial charge in [-0.1, -0.05) is 6.92 Å². The van der Waals surface area contributed by atoms with Crippen molar-refractivity contribution in [1.82, 2.24) is 4.98 Å². The van der Waals surface area contributed by atoms with E-state index in [-0.39, 0.29) is 11.9 Å². The van der Waals surface area contributed by atoms with Crippen molar-refractivity contribution in [2.45, 2.75) is 31.0 Å². The molecule has 1 aromatic heterocycles. The minimum Gasteiger partial charge on any atom is -0.372 e. The van der Waals surface area contributed by atoms with Gasteiger partial charge in [-0.2, -0.15) is 0 Å². The molecule has 128 valence electrons. The minimum absolute atomic E-state index is 0.126. The molecule has 6 heteroatoms. The van der Waals surface area contributed by atoms with E-state index in [0.29, 0.717) is 11.5 Å². The Bertz CT molecular complexity index is 761. The van der Waals surface area contributed by atoms with Crippen molar-refractivity contribution in [2.75, 3.05) is 23.7 Å². The highest BCUT2D eigenvalue weighted by atomic mass is 32.2. The second-order valence-electron chi connectivity index (χ2n) is 5.92. The van der Waals surface area contributed by atoms with Gasteiger partial charge in [-0.3, -0.25) is 4.98 Å². The van der Waals surface area contributed by atoms with E-state index in [1.807, 2.05) is 24.3 Å². The molecule has 5 nitrogen and oxygen atoms in total. The summed E-state index contributed by atoms with van der Waals surface area (Å²) >= 11 is 0. The van der Waals surface area contributed by atoms with Crippen molar-refractivity contribution in [2.24, 2.45) is 0 Å². The quantitative estimate of drug-likeness (QED) is 0.805. The summed E-state index contributed by atoms with van der Waals surface area (Å²) in [5.74, 6) is 0.126. The number of ether oxygens (including phenoxy) is 1. The van der Waals surface area contributed by atoms with Gasteiger partial charge in [0.05, 0.1) is 23.4 Å². The number of nitrogens with zero attached hydrogens (tertiary/aromatic N) is 2. The Hall–Kier alpha value is -1.92. The summed E-state index contributed by atoms with van der Waals surface area (Å²) in [5, 5.41) is 0. The lowest BCUT2D eigenvalue weighted by Gasteiger charge is -2.19. The Morgan fingerprint density at radius 2 is 1.88 bits per heavy atom. The molecule has 3 rings (SSSR count). The smallest absolute Gasteiger partial charge is 0.178 e. The molecule has 0 bridgehead atoms. The van der Waals surface area contributed by atoms with E-state index in [1.54, 1.807) is 31.5 Å². The molecular weight excluding hydrogens is 324 g/mol. The molecule has 0 radical (unpaired) electrons. The van der Waals surface area contributed by atoms with Crippen LogP contribution in [-0.2, 0) is 21.2 Å². The van der Waals surface area contributed by atoms with E-state index in [9.17, 15) is 8.42 Å². The number of aromatic nitrogens is 1. The van der Waals surface area contributed by atoms with Crippen LogP contribution in [0.1, 0.15) is 18.9 Å². The minimum atomic E-state index is -3.14. The van der Waals surface area contributed by atoms with E-state index < -0.39 is 9.84 Å². The fourth-order valence-corrected chi connectivity index (χ4v) is 3.71. The molecule has 1 aromatic carbocycles. The molecule has 2 heterocycles. The van der Waals surface area contributed by atoms with Gasteiger partial charge in [-0.05, 0) is 48.4 Å². The van der Waals surface area contributed by atoms with Crippen molar-refractivity contribution in [3.63, 3.8) is 0 Å². The van der Waals surface area contributed by atoms with Gasteiger partial charge in [-0.25, -0.2) is 8.42 Å². The molecule has 1 fully saturated rings. The van der Waals surface area contributed by atoms with Crippen molar-refractivity contribution in [3.05, 3.63) is 54.4 Å². The first kappa shape index (κ1) is 16.9. The van der Waals surface area contributed by atoms with Crippen LogP contribution in [0.15, 0.2) is 53.7 Å². The highest BCUT2D eigenvalue weighted by molar-refractivity contribution is 7.91. The Kier molecular flexibility index (Phi) is 5.16. The highest BCUT2D eigenvalue weighted by Crippen LogP contribution is 2.24. The summed E-state index contributed by atoms with van der Waals surface area (Å²) in [6.07, 6.45) is 4.70. The van der Waals surface area contributed by atoms with Crippen LogP contribution in [0.4, 0.5) is 5.69 Å². The lowest BCUT2D eigenvalue weighted by Crippen LogP contribution is -2.22. The van der Waals surface area contributed by atoms with Crippen LogP contribution < -0.4 is 4.90 Å². The molecule has 0 amide bonds. The fraction of sp³-hybridized carbons (Fsp3) is 0.389. The van der Waals surface area contributed by atoms with E-state index in [1.165, 1.54) is 0 Å². The van der Waals surface area contributed by atoms with Crippen molar-refractivity contribution >= 4 is 15.5 Å². The number of benzene rings is 1. The van der Waals surface area contributed by atoms with Crippen LogP contribution in [0.2, 0.25) is 0 Å². The molecule has 1 aliphatic heterocycles. The zero-order valence-corrected chi connectivity index (χ0v) is 14.6. The number of rotatable bonds is 6. The van der Waals surface area contributed by atoms with Crippen LogP contribution in [0.5, 0.6) is 0 Å². The normalized spacial score (nSPS) is 18.0. The third-order valence-electron chi connectivity index (χ3n) is 4.32. The van der Waals surface area contributed by atoms with Crippen LogP contribution in [0.25, 0.3) is 0 Å². The topological polar surface area (TPSA) is 59.5 Å². The Morgan fingerprint density at radius 3 is 2.54 bits per heavy atom. The van der Waals surface area contributed by atoms with Crippen LogP contribution >= 0.6 is 0 Å². The van der Waals surface area contributed by atoms with Gasteiger partial charge in [-0.15, -0.1) is 0 Å². The maximum atomic E-state index is 11.9. The van der Waals surface area contributed by atoms with Gasteiger partial charge in [0.15, 0.2) is 9.84 Å². The average Bonchev–Trinajstić information content (AvgIpc) is 3.10. The number of pyridine rings is 1. The summed E-state index contributed by atoms with van der Waals surface area (Å²) in [5.41, 5.74) is 2.16. The maximum absolute atomic E-state index is 11.9. The van der Waals surface area contributed by atoms with Gasteiger partial charge in [0.1, 0.15) is 0 Å². The number of anilines is 1. The molecule has 2 aromatic rings. The molecule has 24 heavy (non-hydrogen) atoms. The van der Waals surface area contributed by atoms with Crippen LogP contribution in [-0.4, -0.2) is 38.3 Å². The van der Waals surface area contributed by atoms with Gasteiger partial charge >= 0.3 is 0 Å². The average molecular weight is 346 g/mol. The molecule has 1 atom stereocenters. The largest absolute Gasteiger partial charge is 0.372 e. The van der Waals surface area contributed by atoms with Crippen molar-refractivity contribution in [3.8, 4) is 0 Å². The Labute approximate surface area is 143 Å². The molecule has 0 saturated carbocycles. The summed E-state index contributed by atoms with van der Waals surface area (Å²) in [6.45, 7) is 4.00. The summed E-state index contributed by atoms with van der Waals surface area (Å²) in [7, 11) is -3.14. The number of hydrogen-bond donors (Lipinski definition) is 0. The highest BCUT2D eigenvalue weighted by Gasteiger charge is 2.23. The zero-order chi connectivity index (χ0) is 17.0. The second kappa shape index (κ2) is 7.32. The molecule has 0 unspecified atom stereocenters. The van der Waals surface area contributed by atoms with Gasteiger partial charge in [0.25, 0.3) is 0 Å². The molecule has 0 N–H and O–H groups in total. The third kappa shape index (κ3) is 3.94. The number of hydrogen-bond acceptors (Lipinski definition) is 5. The lowest BCUT2D eigenvalue weighted by molar-refractivity contribution is 0.0553. The third-order valence-corrected chi connectivity index (χ3v) is 6.07. The second-order valence-corrected chi connectivity index (χ2v) is 8.20.